The van der Waals surface area contributed by atoms with Gasteiger partial charge in [-0.3, -0.25) is 19.7 Å². The molecule has 186 valence electrons. The van der Waals surface area contributed by atoms with Gasteiger partial charge in [-0.1, -0.05) is 53.7 Å². The Morgan fingerprint density at radius 1 is 1.14 bits per heavy atom. The Morgan fingerprint density at radius 2 is 1.86 bits per heavy atom. The van der Waals surface area contributed by atoms with Crippen LogP contribution in [0.25, 0.3) is 33.4 Å². The summed E-state index contributed by atoms with van der Waals surface area (Å²) < 4.78 is 11.7. The monoisotopic (exact) mass is 509 g/mol. The molecule has 2 aromatic heterocycles. The zero-order valence-electron chi connectivity index (χ0n) is 19.4. The standard InChI is InChI=1S/C26H24ClN3O6/c1-2-35-26(34)19(12-13-22(31)32)28-15-17-14-21(36-29-17)24-23(16-8-4-3-5-9-16)18-10-6-7-11-20(18)30(27)25(24)33/h3-11,14,19,28H,2,12-13,15H2,1H3,(H,31,32). The van der Waals surface area contributed by atoms with E-state index in [1.165, 1.54) is 0 Å². The normalized spacial score (nSPS) is 11.9. The van der Waals surface area contributed by atoms with E-state index < -0.39 is 23.5 Å². The highest BCUT2D eigenvalue weighted by molar-refractivity contribution is 6.20. The van der Waals surface area contributed by atoms with E-state index in [4.69, 9.17) is 26.1 Å². The molecule has 2 N–H and O–H groups in total. The number of pyridine rings is 1. The topological polar surface area (TPSA) is 124 Å². The number of aromatic nitrogens is 2. The first-order valence-electron chi connectivity index (χ1n) is 11.4. The summed E-state index contributed by atoms with van der Waals surface area (Å²) in [4.78, 5) is 36.6. The minimum absolute atomic E-state index is 0.0542. The number of benzene rings is 2. The summed E-state index contributed by atoms with van der Waals surface area (Å²) in [5.41, 5.74) is 2.24. The summed E-state index contributed by atoms with van der Waals surface area (Å²) in [5.74, 6) is -1.35. The molecule has 0 fully saturated rings. The Kier molecular flexibility index (Phi) is 7.82. The van der Waals surface area contributed by atoms with Gasteiger partial charge in [-0.15, -0.1) is 0 Å². The second-order valence-electron chi connectivity index (χ2n) is 8.02. The van der Waals surface area contributed by atoms with E-state index >= 15 is 0 Å². The largest absolute Gasteiger partial charge is 0.481 e. The quantitative estimate of drug-likeness (QED) is 0.305. The maximum Gasteiger partial charge on any atom is 0.323 e. The third-order valence-electron chi connectivity index (χ3n) is 5.64. The first-order valence-corrected chi connectivity index (χ1v) is 11.7. The molecule has 0 amide bonds. The molecule has 0 bridgehead atoms. The van der Waals surface area contributed by atoms with E-state index in [-0.39, 0.29) is 37.3 Å². The van der Waals surface area contributed by atoms with Gasteiger partial charge in [0, 0.05) is 41.8 Å². The van der Waals surface area contributed by atoms with E-state index in [0.717, 1.165) is 15.0 Å². The van der Waals surface area contributed by atoms with Crippen molar-refractivity contribution in [3.05, 3.63) is 76.7 Å². The molecule has 0 aliphatic rings. The number of fused-ring (bicyclic) bond motifs is 1. The Labute approximate surface area is 211 Å². The van der Waals surface area contributed by atoms with Crippen molar-refractivity contribution in [2.24, 2.45) is 0 Å². The van der Waals surface area contributed by atoms with Crippen molar-refractivity contribution in [3.63, 3.8) is 0 Å². The van der Waals surface area contributed by atoms with Crippen molar-refractivity contribution in [1.29, 1.82) is 0 Å². The Balaban J connectivity index is 1.71. The van der Waals surface area contributed by atoms with E-state index in [1.54, 1.807) is 25.1 Å². The van der Waals surface area contributed by atoms with Gasteiger partial charge in [-0.2, -0.15) is 0 Å². The molecule has 4 aromatic rings. The lowest BCUT2D eigenvalue weighted by Crippen LogP contribution is -2.38. The van der Waals surface area contributed by atoms with E-state index in [2.05, 4.69) is 10.5 Å². The summed E-state index contributed by atoms with van der Waals surface area (Å²) in [6.07, 6.45) is -0.147. The number of esters is 1. The first-order chi connectivity index (χ1) is 17.4. The summed E-state index contributed by atoms with van der Waals surface area (Å²) in [7, 11) is 0. The number of hydrogen-bond acceptors (Lipinski definition) is 7. The predicted molar refractivity (Wildman–Crippen MR) is 135 cm³/mol. The third-order valence-corrected chi connectivity index (χ3v) is 5.98. The number of nitrogens with zero attached hydrogens (tertiary/aromatic N) is 2. The van der Waals surface area contributed by atoms with Gasteiger partial charge in [-0.25, -0.2) is 4.09 Å². The number of halogens is 1. The molecule has 0 saturated heterocycles. The first kappa shape index (κ1) is 25.2. The van der Waals surface area contributed by atoms with Gasteiger partial charge in [-0.05, 0) is 25.0 Å². The molecule has 9 nitrogen and oxygen atoms in total. The van der Waals surface area contributed by atoms with Crippen LogP contribution in [0.1, 0.15) is 25.5 Å². The van der Waals surface area contributed by atoms with Gasteiger partial charge >= 0.3 is 11.9 Å². The zero-order valence-corrected chi connectivity index (χ0v) is 20.2. The second kappa shape index (κ2) is 11.2. The number of nitrogens with one attached hydrogen (secondary N) is 1. The molecule has 1 unspecified atom stereocenters. The molecule has 1 atom stereocenters. The second-order valence-corrected chi connectivity index (χ2v) is 8.36. The molecule has 4 rings (SSSR count). The van der Waals surface area contributed by atoms with Crippen LogP contribution in [0.15, 0.2) is 70.0 Å². The van der Waals surface area contributed by atoms with E-state index in [1.807, 2.05) is 42.5 Å². The van der Waals surface area contributed by atoms with Crippen molar-refractivity contribution in [3.8, 4) is 22.5 Å². The SMILES string of the molecule is CCOC(=O)C(CCC(=O)O)NCc1cc(-c2c(-c3ccccc3)c3ccccc3n(Cl)c2=O)on1. The highest BCUT2D eigenvalue weighted by Crippen LogP contribution is 2.36. The molecule has 0 aliphatic carbocycles. The van der Waals surface area contributed by atoms with Crippen molar-refractivity contribution in [2.75, 3.05) is 6.61 Å². The summed E-state index contributed by atoms with van der Waals surface area (Å²) >= 11 is 6.41. The number of carboxylic acid groups (broad SMARTS) is 1. The van der Waals surface area contributed by atoms with Gasteiger partial charge in [0.15, 0.2) is 5.76 Å². The Hall–Kier alpha value is -3.95. The van der Waals surface area contributed by atoms with Crippen LogP contribution in [-0.2, 0) is 20.9 Å². The lowest BCUT2D eigenvalue weighted by Gasteiger charge is -2.15. The number of carboxylic acids is 1. The van der Waals surface area contributed by atoms with Crippen LogP contribution >= 0.6 is 11.8 Å². The summed E-state index contributed by atoms with van der Waals surface area (Å²) in [5, 5.41) is 16.8. The molecule has 0 spiro atoms. The molecule has 36 heavy (non-hydrogen) atoms. The van der Waals surface area contributed by atoms with Gasteiger partial charge in [0.2, 0.25) is 0 Å². The molecule has 0 aliphatic heterocycles. The van der Waals surface area contributed by atoms with Gasteiger partial charge in [0.1, 0.15) is 6.04 Å². The number of carbonyl (C=O) groups is 2. The van der Waals surface area contributed by atoms with Gasteiger partial charge in [0.25, 0.3) is 5.56 Å². The molecular formula is C26H24ClN3O6. The van der Waals surface area contributed by atoms with Crippen LogP contribution in [0.4, 0.5) is 0 Å². The number of rotatable bonds is 10. The van der Waals surface area contributed by atoms with Crippen LogP contribution in [0.3, 0.4) is 0 Å². The summed E-state index contributed by atoms with van der Waals surface area (Å²) in [6, 6.07) is 17.5. The fraction of sp³-hybridized carbons (Fsp3) is 0.231. The Morgan fingerprint density at radius 3 is 2.58 bits per heavy atom. The van der Waals surface area contributed by atoms with Gasteiger partial charge in [0.05, 0.1) is 23.4 Å². The number of hydrogen-bond donors (Lipinski definition) is 2. The minimum atomic E-state index is -1.02. The number of ether oxygens (including phenoxy) is 1. The smallest absolute Gasteiger partial charge is 0.323 e. The lowest BCUT2D eigenvalue weighted by atomic mass is 9.95. The van der Waals surface area contributed by atoms with E-state index in [0.29, 0.717) is 16.8 Å². The minimum Gasteiger partial charge on any atom is -0.481 e. The van der Waals surface area contributed by atoms with Crippen molar-refractivity contribution in [1.82, 2.24) is 14.6 Å². The van der Waals surface area contributed by atoms with Crippen molar-refractivity contribution < 1.29 is 24.0 Å². The predicted octanol–water partition coefficient (Wildman–Crippen LogP) is 4.21. The fourth-order valence-corrected chi connectivity index (χ4v) is 4.23. The van der Waals surface area contributed by atoms with Crippen LogP contribution in [-0.4, -0.2) is 38.9 Å². The molecule has 2 heterocycles. The average molecular weight is 510 g/mol. The highest BCUT2D eigenvalue weighted by Gasteiger charge is 2.24. The maximum absolute atomic E-state index is 13.4. The third kappa shape index (κ3) is 5.32. The lowest BCUT2D eigenvalue weighted by molar-refractivity contribution is -0.146. The molecule has 0 saturated carbocycles. The number of para-hydroxylation sites is 1. The maximum atomic E-state index is 13.4. The van der Waals surface area contributed by atoms with Crippen LogP contribution in [0.5, 0.6) is 0 Å². The molecule has 2 aromatic carbocycles. The van der Waals surface area contributed by atoms with E-state index in [9.17, 15) is 14.4 Å². The van der Waals surface area contributed by atoms with Crippen LogP contribution in [0, 0.1) is 0 Å². The van der Waals surface area contributed by atoms with Gasteiger partial charge < -0.3 is 14.4 Å². The molecular weight excluding hydrogens is 486 g/mol. The van der Waals surface area contributed by atoms with Crippen LogP contribution in [0.2, 0.25) is 0 Å². The van der Waals surface area contributed by atoms with Crippen molar-refractivity contribution in [2.45, 2.75) is 32.4 Å². The number of aliphatic carboxylic acids is 1. The average Bonchev–Trinajstić information content (AvgIpc) is 3.35. The van der Waals surface area contributed by atoms with Crippen molar-refractivity contribution >= 4 is 34.6 Å². The molecule has 10 heteroatoms. The zero-order chi connectivity index (χ0) is 25.7. The summed E-state index contributed by atoms with van der Waals surface area (Å²) in [6.45, 7) is 1.94. The fourth-order valence-electron chi connectivity index (χ4n) is 3.99. The number of carbonyl (C=O) groups excluding carboxylic acids is 1. The Bertz CT molecular complexity index is 1450. The molecule has 0 radical (unpaired) electrons. The highest BCUT2D eigenvalue weighted by atomic mass is 35.5. The van der Waals surface area contributed by atoms with Crippen LogP contribution < -0.4 is 10.9 Å².